The van der Waals surface area contributed by atoms with Gasteiger partial charge in [-0.1, -0.05) is 0 Å². The third-order valence-corrected chi connectivity index (χ3v) is 4.24. The summed E-state index contributed by atoms with van der Waals surface area (Å²) in [5, 5.41) is 6.65. The number of halogens is 1. The maximum Gasteiger partial charge on any atom is 0.251 e. The van der Waals surface area contributed by atoms with E-state index in [1.165, 1.54) is 25.0 Å². The molecule has 19 heavy (non-hydrogen) atoms. The van der Waals surface area contributed by atoms with E-state index in [2.05, 4.69) is 10.6 Å². The van der Waals surface area contributed by atoms with Crippen molar-refractivity contribution < 1.29 is 9.18 Å². The Morgan fingerprint density at radius 1 is 1.32 bits per heavy atom. The summed E-state index contributed by atoms with van der Waals surface area (Å²) in [6.07, 6.45) is 4.43. The van der Waals surface area contributed by atoms with E-state index in [1.54, 1.807) is 13.0 Å². The zero-order valence-corrected chi connectivity index (χ0v) is 11.1. The molecule has 1 amide bonds. The number of rotatable bonds is 2. The number of amides is 1. The van der Waals surface area contributed by atoms with Crippen molar-refractivity contribution >= 4 is 5.91 Å². The van der Waals surface area contributed by atoms with Gasteiger partial charge in [0.25, 0.3) is 5.91 Å². The van der Waals surface area contributed by atoms with Gasteiger partial charge in [-0.25, -0.2) is 4.39 Å². The van der Waals surface area contributed by atoms with Gasteiger partial charge in [0.05, 0.1) is 0 Å². The first-order chi connectivity index (χ1) is 9.11. The van der Waals surface area contributed by atoms with Gasteiger partial charge in [0, 0.05) is 23.7 Å². The predicted octanol–water partition coefficient (Wildman–Crippen LogP) is 2.15. The van der Waals surface area contributed by atoms with Crippen LogP contribution < -0.4 is 10.6 Å². The van der Waals surface area contributed by atoms with E-state index >= 15 is 0 Å². The molecular formula is C15H19FN2O. The van der Waals surface area contributed by atoms with Gasteiger partial charge in [0.1, 0.15) is 5.82 Å². The summed E-state index contributed by atoms with van der Waals surface area (Å²) in [5.41, 5.74) is 1.27. The minimum Gasteiger partial charge on any atom is -0.349 e. The number of hydrogen-bond donors (Lipinski definition) is 2. The molecule has 2 aliphatic heterocycles. The zero-order chi connectivity index (χ0) is 13.4. The number of hydrogen-bond acceptors (Lipinski definition) is 2. The molecule has 2 bridgehead atoms. The Bertz CT molecular complexity index is 491. The van der Waals surface area contributed by atoms with Crippen LogP contribution in [0.3, 0.4) is 0 Å². The maximum atomic E-state index is 13.0. The van der Waals surface area contributed by atoms with Crippen molar-refractivity contribution in [2.45, 2.75) is 50.7 Å². The van der Waals surface area contributed by atoms with Gasteiger partial charge < -0.3 is 10.6 Å². The molecule has 0 aliphatic carbocycles. The highest BCUT2D eigenvalue weighted by Gasteiger charge is 2.34. The second-order valence-electron chi connectivity index (χ2n) is 5.74. The summed E-state index contributed by atoms with van der Waals surface area (Å²) < 4.78 is 13.0. The van der Waals surface area contributed by atoms with Crippen molar-refractivity contribution in [3.8, 4) is 0 Å². The molecular weight excluding hydrogens is 243 g/mol. The van der Waals surface area contributed by atoms with Crippen LogP contribution >= 0.6 is 0 Å². The lowest BCUT2D eigenvalue weighted by Gasteiger charge is -2.29. The van der Waals surface area contributed by atoms with Crippen molar-refractivity contribution in [1.29, 1.82) is 0 Å². The summed E-state index contributed by atoms with van der Waals surface area (Å²) in [4.78, 5) is 12.2. The fourth-order valence-electron chi connectivity index (χ4n) is 3.32. The van der Waals surface area contributed by atoms with Gasteiger partial charge in [-0.3, -0.25) is 4.79 Å². The van der Waals surface area contributed by atoms with Crippen LogP contribution in [0.25, 0.3) is 0 Å². The molecule has 2 N–H and O–H groups in total. The molecule has 2 aliphatic rings. The van der Waals surface area contributed by atoms with Crippen LogP contribution in [0, 0.1) is 12.7 Å². The smallest absolute Gasteiger partial charge is 0.251 e. The van der Waals surface area contributed by atoms with E-state index in [0.29, 0.717) is 23.2 Å². The summed E-state index contributed by atoms with van der Waals surface area (Å²) in [6.45, 7) is 1.77. The van der Waals surface area contributed by atoms with Crippen molar-refractivity contribution in [1.82, 2.24) is 10.6 Å². The SMILES string of the molecule is Cc1cc(F)ccc1C(=O)NC1CC2CCC(C1)N2. The Morgan fingerprint density at radius 3 is 2.63 bits per heavy atom. The minimum atomic E-state index is -0.297. The number of nitrogens with one attached hydrogen (secondary N) is 2. The lowest BCUT2D eigenvalue weighted by molar-refractivity contribution is 0.0923. The summed E-state index contributed by atoms with van der Waals surface area (Å²) in [6, 6.07) is 5.66. The first kappa shape index (κ1) is 12.6. The monoisotopic (exact) mass is 262 g/mol. The average Bonchev–Trinajstić information content (AvgIpc) is 2.68. The van der Waals surface area contributed by atoms with Gasteiger partial charge in [0.2, 0.25) is 0 Å². The summed E-state index contributed by atoms with van der Waals surface area (Å²) in [7, 11) is 0. The molecule has 2 fully saturated rings. The standard InChI is InChI=1S/C15H19FN2O/c1-9-6-10(16)2-5-14(9)15(19)18-13-7-11-3-4-12(8-13)17-11/h2,5-6,11-13,17H,3-4,7-8H2,1H3,(H,18,19). The highest BCUT2D eigenvalue weighted by Crippen LogP contribution is 2.27. The molecule has 2 atom stereocenters. The van der Waals surface area contributed by atoms with E-state index in [0.717, 1.165) is 12.8 Å². The molecule has 0 saturated carbocycles. The quantitative estimate of drug-likeness (QED) is 0.857. The van der Waals surface area contributed by atoms with Crippen LogP contribution in [0.1, 0.15) is 41.6 Å². The van der Waals surface area contributed by atoms with Gasteiger partial charge in [0.15, 0.2) is 0 Å². The third kappa shape index (κ3) is 2.63. The lowest BCUT2D eigenvalue weighted by atomic mass is 9.99. The van der Waals surface area contributed by atoms with Gasteiger partial charge in [-0.15, -0.1) is 0 Å². The molecule has 2 unspecified atom stereocenters. The fourth-order valence-corrected chi connectivity index (χ4v) is 3.32. The predicted molar refractivity (Wildman–Crippen MR) is 71.6 cm³/mol. The molecule has 0 aromatic heterocycles. The highest BCUT2D eigenvalue weighted by atomic mass is 19.1. The molecule has 1 aromatic carbocycles. The van der Waals surface area contributed by atoms with Crippen LogP contribution in [0.15, 0.2) is 18.2 Å². The fraction of sp³-hybridized carbons (Fsp3) is 0.533. The second kappa shape index (κ2) is 4.93. The van der Waals surface area contributed by atoms with Crippen LogP contribution in [0.2, 0.25) is 0 Å². The Morgan fingerprint density at radius 2 is 2.00 bits per heavy atom. The van der Waals surface area contributed by atoms with Gasteiger partial charge in [-0.05, 0) is 56.4 Å². The minimum absolute atomic E-state index is 0.0798. The normalized spacial score (nSPS) is 29.3. The van der Waals surface area contributed by atoms with E-state index in [9.17, 15) is 9.18 Å². The largest absolute Gasteiger partial charge is 0.349 e. The van der Waals surface area contributed by atoms with Crippen LogP contribution in [0.4, 0.5) is 4.39 Å². The summed E-state index contributed by atoms with van der Waals surface area (Å²) >= 11 is 0. The van der Waals surface area contributed by atoms with E-state index in [1.807, 2.05) is 0 Å². The van der Waals surface area contributed by atoms with Crippen molar-refractivity contribution in [2.24, 2.45) is 0 Å². The van der Waals surface area contributed by atoms with Crippen molar-refractivity contribution in [3.63, 3.8) is 0 Å². The van der Waals surface area contributed by atoms with E-state index in [-0.39, 0.29) is 17.8 Å². The molecule has 3 rings (SSSR count). The van der Waals surface area contributed by atoms with E-state index < -0.39 is 0 Å². The second-order valence-corrected chi connectivity index (χ2v) is 5.74. The maximum absolute atomic E-state index is 13.0. The third-order valence-electron chi connectivity index (χ3n) is 4.24. The Balaban J connectivity index is 1.68. The molecule has 0 radical (unpaired) electrons. The number of carbonyl (C=O) groups excluding carboxylic acids is 1. The molecule has 2 heterocycles. The number of aryl methyl sites for hydroxylation is 1. The number of piperidine rings is 1. The van der Waals surface area contributed by atoms with Crippen LogP contribution in [-0.4, -0.2) is 24.0 Å². The molecule has 1 aromatic rings. The van der Waals surface area contributed by atoms with Gasteiger partial charge >= 0.3 is 0 Å². The van der Waals surface area contributed by atoms with Crippen molar-refractivity contribution in [3.05, 3.63) is 35.1 Å². The molecule has 2 saturated heterocycles. The molecule has 4 heteroatoms. The molecule has 3 nitrogen and oxygen atoms in total. The lowest BCUT2D eigenvalue weighted by Crippen LogP contribution is -2.48. The first-order valence-electron chi connectivity index (χ1n) is 6.95. The van der Waals surface area contributed by atoms with Gasteiger partial charge in [-0.2, -0.15) is 0 Å². The topological polar surface area (TPSA) is 41.1 Å². The Hall–Kier alpha value is -1.42. The Labute approximate surface area is 112 Å². The van der Waals surface area contributed by atoms with Crippen LogP contribution in [-0.2, 0) is 0 Å². The average molecular weight is 262 g/mol. The number of fused-ring (bicyclic) bond motifs is 2. The number of carbonyl (C=O) groups is 1. The Kier molecular flexibility index (Phi) is 3.27. The van der Waals surface area contributed by atoms with E-state index in [4.69, 9.17) is 0 Å². The zero-order valence-electron chi connectivity index (χ0n) is 11.1. The number of benzene rings is 1. The first-order valence-corrected chi connectivity index (χ1v) is 6.95. The molecule has 102 valence electrons. The summed E-state index contributed by atoms with van der Waals surface area (Å²) in [5.74, 6) is -0.377. The molecule has 0 spiro atoms. The van der Waals surface area contributed by atoms with Crippen molar-refractivity contribution in [2.75, 3.05) is 0 Å². The highest BCUT2D eigenvalue weighted by molar-refractivity contribution is 5.95. The van der Waals surface area contributed by atoms with Crippen LogP contribution in [0.5, 0.6) is 0 Å².